The first kappa shape index (κ1) is 17.8. The van der Waals surface area contributed by atoms with E-state index in [1.807, 2.05) is 12.1 Å². The number of hydrogen-bond donors (Lipinski definition) is 1. The van der Waals surface area contributed by atoms with Gasteiger partial charge < -0.3 is 10.1 Å². The number of para-hydroxylation sites is 1. The summed E-state index contributed by atoms with van der Waals surface area (Å²) >= 11 is 6.24. The fraction of sp³-hybridized carbons (Fsp3) is 0.353. The second-order valence-corrected chi connectivity index (χ2v) is 6.68. The van der Waals surface area contributed by atoms with Gasteiger partial charge >= 0.3 is 6.18 Å². The smallest absolute Gasteiger partial charge is 0.453 e. The van der Waals surface area contributed by atoms with Crippen molar-refractivity contribution in [1.29, 1.82) is 0 Å². The van der Waals surface area contributed by atoms with E-state index in [-0.39, 0.29) is 11.8 Å². The van der Waals surface area contributed by atoms with Crippen LogP contribution >= 0.6 is 11.6 Å². The molecule has 0 spiro atoms. The molecule has 0 saturated carbocycles. The molecule has 1 aliphatic rings. The Labute approximate surface area is 157 Å². The van der Waals surface area contributed by atoms with Gasteiger partial charge in [0.15, 0.2) is 0 Å². The van der Waals surface area contributed by atoms with Crippen LogP contribution in [0.1, 0.15) is 36.0 Å². The lowest BCUT2D eigenvalue weighted by atomic mass is 10.0. The van der Waals surface area contributed by atoms with Crippen molar-refractivity contribution in [3.8, 4) is 5.75 Å². The molecule has 0 amide bonds. The summed E-state index contributed by atoms with van der Waals surface area (Å²) < 4.78 is 45.8. The highest BCUT2D eigenvalue weighted by Gasteiger charge is 2.37. The lowest BCUT2D eigenvalue weighted by Crippen LogP contribution is -2.14. The molecule has 27 heavy (non-hydrogen) atoms. The van der Waals surface area contributed by atoms with Gasteiger partial charge in [-0.1, -0.05) is 23.7 Å². The van der Waals surface area contributed by atoms with Crippen molar-refractivity contribution in [1.82, 2.24) is 19.6 Å². The number of halogens is 4. The molecule has 1 aromatic carbocycles. The standard InChI is InChI=1S/C17H15ClF3N5O/c1-9-8-13(26-16(22-9)24-15(25-26)17(19,20)21)23-12-6-3-7-27-14-10(12)4-2-5-11(14)18/h2,4-5,8,12,23H,3,6-7H2,1H3. The van der Waals surface area contributed by atoms with E-state index in [2.05, 4.69) is 20.4 Å². The van der Waals surface area contributed by atoms with E-state index in [4.69, 9.17) is 16.3 Å². The van der Waals surface area contributed by atoms with E-state index in [0.29, 0.717) is 28.9 Å². The van der Waals surface area contributed by atoms with E-state index >= 15 is 0 Å². The maximum Gasteiger partial charge on any atom is 0.453 e. The second-order valence-electron chi connectivity index (χ2n) is 6.27. The van der Waals surface area contributed by atoms with Gasteiger partial charge in [0, 0.05) is 17.3 Å². The molecule has 1 atom stereocenters. The first-order chi connectivity index (χ1) is 12.8. The highest BCUT2D eigenvalue weighted by atomic mass is 35.5. The van der Waals surface area contributed by atoms with Crippen molar-refractivity contribution in [3.63, 3.8) is 0 Å². The number of nitrogens with one attached hydrogen (secondary N) is 1. The number of aromatic nitrogens is 4. The molecule has 3 heterocycles. The molecule has 2 aromatic heterocycles. The van der Waals surface area contributed by atoms with Gasteiger partial charge in [0.25, 0.3) is 11.6 Å². The number of nitrogens with zero attached hydrogens (tertiary/aromatic N) is 4. The maximum atomic E-state index is 13.0. The molecule has 0 fully saturated rings. The molecule has 6 nitrogen and oxygen atoms in total. The van der Waals surface area contributed by atoms with E-state index in [9.17, 15) is 13.2 Å². The zero-order valence-corrected chi connectivity index (χ0v) is 15.0. The number of alkyl halides is 3. The fourth-order valence-corrected chi connectivity index (χ4v) is 3.34. The van der Waals surface area contributed by atoms with E-state index in [0.717, 1.165) is 22.9 Å². The van der Waals surface area contributed by atoms with Crippen molar-refractivity contribution in [3.05, 3.63) is 46.4 Å². The van der Waals surface area contributed by atoms with E-state index in [1.54, 1.807) is 19.1 Å². The predicted molar refractivity (Wildman–Crippen MR) is 93.1 cm³/mol. The predicted octanol–water partition coefficient (Wildman–Crippen LogP) is 4.43. The Hall–Kier alpha value is -2.55. The topological polar surface area (TPSA) is 64.3 Å². The molecule has 10 heteroatoms. The van der Waals surface area contributed by atoms with Crippen LogP contribution < -0.4 is 10.1 Å². The molecule has 0 aliphatic carbocycles. The molecule has 0 saturated heterocycles. The minimum atomic E-state index is -4.64. The van der Waals surface area contributed by atoms with Gasteiger partial charge in [0.2, 0.25) is 0 Å². The van der Waals surface area contributed by atoms with Gasteiger partial charge in [0.1, 0.15) is 11.6 Å². The molecule has 1 unspecified atom stereocenters. The van der Waals surface area contributed by atoms with Gasteiger partial charge in [-0.2, -0.15) is 22.7 Å². The number of aryl methyl sites for hydroxylation is 1. The highest BCUT2D eigenvalue weighted by Crippen LogP contribution is 2.38. The van der Waals surface area contributed by atoms with Crippen LogP contribution in [0.15, 0.2) is 24.3 Å². The van der Waals surface area contributed by atoms with Gasteiger partial charge in [-0.3, -0.25) is 0 Å². The first-order valence-electron chi connectivity index (χ1n) is 8.32. The van der Waals surface area contributed by atoms with E-state index < -0.39 is 12.0 Å². The average molecular weight is 398 g/mol. The quantitative estimate of drug-likeness (QED) is 0.693. The molecule has 0 radical (unpaired) electrons. The molecule has 3 aromatic rings. The Kier molecular flexibility index (Phi) is 4.33. The average Bonchev–Trinajstić information content (AvgIpc) is 2.92. The number of hydrogen-bond acceptors (Lipinski definition) is 5. The van der Waals surface area contributed by atoms with Crippen LogP contribution in [-0.2, 0) is 6.18 Å². The summed E-state index contributed by atoms with van der Waals surface area (Å²) in [6.45, 7) is 2.20. The van der Waals surface area contributed by atoms with Crippen LogP contribution in [0.5, 0.6) is 5.75 Å². The van der Waals surface area contributed by atoms with Gasteiger partial charge in [-0.25, -0.2) is 4.98 Å². The second kappa shape index (κ2) is 6.56. The highest BCUT2D eigenvalue weighted by molar-refractivity contribution is 6.32. The lowest BCUT2D eigenvalue weighted by molar-refractivity contribution is -0.144. The Bertz CT molecular complexity index is 1000. The van der Waals surface area contributed by atoms with Crippen LogP contribution in [0.3, 0.4) is 0 Å². The molecule has 4 rings (SSSR count). The first-order valence-corrected chi connectivity index (χ1v) is 8.70. The lowest BCUT2D eigenvalue weighted by Gasteiger charge is -2.20. The summed E-state index contributed by atoms with van der Waals surface area (Å²) in [4.78, 5) is 7.55. The maximum absolute atomic E-state index is 13.0. The molecular formula is C17H15ClF3N5O. The Morgan fingerprint density at radius 2 is 2.11 bits per heavy atom. The van der Waals surface area contributed by atoms with Crippen molar-refractivity contribution >= 4 is 23.2 Å². The largest absolute Gasteiger partial charge is 0.492 e. The summed E-state index contributed by atoms with van der Waals surface area (Å²) in [5.41, 5.74) is 1.38. The fourth-order valence-electron chi connectivity index (χ4n) is 3.11. The molecule has 142 valence electrons. The van der Waals surface area contributed by atoms with Crippen LogP contribution in [0.2, 0.25) is 5.02 Å². The minimum absolute atomic E-state index is 0.110. The Balaban J connectivity index is 1.78. The van der Waals surface area contributed by atoms with Gasteiger partial charge in [0.05, 0.1) is 17.7 Å². The van der Waals surface area contributed by atoms with Gasteiger partial charge in [-0.15, -0.1) is 5.10 Å². The summed E-state index contributed by atoms with van der Waals surface area (Å²) in [6.07, 6.45) is -3.16. The number of fused-ring (bicyclic) bond motifs is 2. The summed E-state index contributed by atoms with van der Waals surface area (Å²) in [6, 6.07) is 6.87. The minimum Gasteiger partial charge on any atom is -0.492 e. The number of benzene rings is 1. The Morgan fingerprint density at radius 1 is 1.30 bits per heavy atom. The van der Waals surface area contributed by atoms with E-state index in [1.165, 1.54) is 0 Å². The molecular weight excluding hydrogens is 383 g/mol. The van der Waals surface area contributed by atoms with Crippen molar-refractivity contribution in [2.24, 2.45) is 0 Å². The summed E-state index contributed by atoms with van der Waals surface area (Å²) in [5, 5.41) is 7.35. The Morgan fingerprint density at radius 3 is 2.89 bits per heavy atom. The monoisotopic (exact) mass is 397 g/mol. The normalized spacial score (nSPS) is 17.3. The molecule has 0 bridgehead atoms. The molecule has 1 N–H and O–H groups in total. The van der Waals surface area contributed by atoms with Crippen LogP contribution in [-0.4, -0.2) is 26.2 Å². The van der Waals surface area contributed by atoms with Gasteiger partial charge in [-0.05, 0) is 25.8 Å². The van der Waals surface area contributed by atoms with Crippen LogP contribution in [0.25, 0.3) is 5.78 Å². The number of anilines is 1. The third-order valence-electron chi connectivity index (χ3n) is 4.27. The number of rotatable bonds is 2. The molecule has 1 aliphatic heterocycles. The zero-order valence-electron chi connectivity index (χ0n) is 14.2. The van der Waals surface area contributed by atoms with Crippen molar-refractivity contribution in [2.75, 3.05) is 11.9 Å². The number of ether oxygens (including phenoxy) is 1. The summed E-state index contributed by atoms with van der Waals surface area (Å²) in [7, 11) is 0. The zero-order chi connectivity index (χ0) is 19.2. The van der Waals surface area contributed by atoms with Crippen molar-refractivity contribution in [2.45, 2.75) is 32.0 Å². The SMILES string of the molecule is Cc1cc(NC2CCCOc3c(Cl)cccc32)n2nc(C(F)(F)F)nc2n1. The third kappa shape index (κ3) is 3.39. The van der Waals surface area contributed by atoms with Crippen LogP contribution in [0.4, 0.5) is 19.0 Å². The third-order valence-corrected chi connectivity index (χ3v) is 4.57. The summed E-state index contributed by atoms with van der Waals surface area (Å²) in [5.74, 6) is -0.374. The van der Waals surface area contributed by atoms with Crippen molar-refractivity contribution < 1.29 is 17.9 Å². The van der Waals surface area contributed by atoms with Crippen LogP contribution in [0, 0.1) is 6.92 Å².